The van der Waals surface area contributed by atoms with Crippen LogP contribution >= 0.6 is 23.4 Å². The summed E-state index contributed by atoms with van der Waals surface area (Å²) in [5.74, 6) is -0.818. The van der Waals surface area contributed by atoms with E-state index in [9.17, 15) is 26.4 Å². The van der Waals surface area contributed by atoms with Crippen LogP contribution in [-0.4, -0.2) is 42.3 Å². The summed E-state index contributed by atoms with van der Waals surface area (Å²) in [6.45, 7) is 1.22. The van der Waals surface area contributed by atoms with E-state index in [1.807, 2.05) is 0 Å². The fourth-order valence-electron chi connectivity index (χ4n) is 2.88. The number of amides is 1. The van der Waals surface area contributed by atoms with Crippen molar-refractivity contribution in [3.8, 4) is 0 Å². The van der Waals surface area contributed by atoms with Crippen LogP contribution in [-0.2, 0) is 20.8 Å². The number of amidine groups is 1. The van der Waals surface area contributed by atoms with Gasteiger partial charge >= 0.3 is 6.18 Å². The topological polar surface area (TPSA) is 66.8 Å². The summed E-state index contributed by atoms with van der Waals surface area (Å²) in [6, 6.07) is 2.75. The Kier molecular flexibility index (Phi) is 4.57. The quantitative estimate of drug-likeness (QED) is 0.709. The molecule has 0 saturated carbocycles. The number of aliphatic imine (C=N–C) groups is 1. The molecular weight excluding hydrogens is 401 g/mol. The van der Waals surface area contributed by atoms with Gasteiger partial charge in [0.1, 0.15) is 0 Å². The van der Waals surface area contributed by atoms with Gasteiger partial charge in [0.05, 0.1) is 28.1 Å². The molecule has 0 bridgehead atoms. The predicted octanol–water partition coefficient (Wildman–Crippen LogP) is 2.98. The minimum absolute atomic E-state index is 0.102. The van der Waals surface area contributed by atoms with Crippen LogP contribution in [0.4, 0.5) is 18.9 Å². The molecule has 11 heteroatoms. The molecule has 0 aromatic heterocycles. The molecule has 5 nitrogen and oxygen atoms in total. The van der Waals surface area contributed by atoms with Crippen LogP contribution in [0.5, 0.6) is 0 Å². The number of sulfone groups is 1. The summed E-state index contributed by atoms with van der Waals surface area (Å²) < 4.78 is 63.1. The summed E-state index contributed by atoms with van der Waals surface area (Å²) in [5.41, 5.74) is -0.919. The summed E-state index contributed by atoms with van der Waals surface area (Å²) in [7, 11) is -3.30. The van der Waals surface area contributed by atoms with Crippen LogP contribution in [0.25, 0.3) is 0 Å². The number of halogens is 4. The number of carbonyl (C=O) groups is 1. The van der Waals surface area contributed by atoms with Crippen molar-refractivity contribution in [3.63, 3.8) is 0 Å². The number of benzene rings is 1. The highest BCUT2D eigenvalue weighted by Crippen LogP contribution is 2.43. The smallest absolute Gasteiger partial charge is 0.316 e. The molecule has 25 heavy (non-hydrogen) atoms. The molecule has 136 valence electrons. The van der Waals surface area contributed by atoms with Gasteiger partial charge in [-0.15, -0.1) is 0 Å². The highest BCUT2D eigenvalue weighted by molar-refractivity contribution is 8.16. The van der Waals surface area contributed by atoms with E-state index in [-0.39, 0.29) is 27.6 Å². The molecule has 0 radical (unpaired) electrons. The molecule has 0 unspecified atom stereocenters. The second kappa shape index (κ2) is 6.17. The molecule has 2 saturated heterocycles. The Bertz CT molecular complexity index is 871. The van der Waals surface area contributed by atoms with Gasteiger partial charge in [0.25, 0.3) is 0 Å². The standard InChI is InChI=1S/C14H12ClF3N2O3S2/c1-7(21)19-13-20(11-5-25(22,23)6-12(11)24-13)8-2-3-10(15)9(4-8)14(16,17)18/h2-4,11-12H,5-6H2,1H3/t11-,12+/m0/s1. The van der Waals surface area contributed by atoms with E-state index in [2.05, 4.69) is 4.99 Å². The van der Waals surface area contributed by atoms with Crippen molar-refractivity contribution < 1.29 is 26.4 Å². The van der Waals surface area contributed by atoms with Crippen molar-refractivity contribution in [1.29, 1.82) is 0 Å². The fourth-order valence-corrected chi connectivity index (χ4v) is 7.06. The number of rotatable bonds is 1. The van der Waals surface area contributed by atoms with Crippen molar-refractivity contribution in [3.05, 3.63) is 28.8 Å². The molecule has 2 aliphatic heterocycles. The lowest BCUT2D eigenvalue weighted by molar-refractivity contribution is -0.137. The second-order valence-corrected chi connectivity index (χ2v) is 9.51. The number of thioether (sulfide) groups is 1. The Hall–Kier alpha value is -1.26. The van der Waals surface area contributed by atoms with E-state index in [0.29, 0.717) is 0 Å². The first kappa shape index (κ1) is 18.5. The average molecular weight is 413 g/mol. The molecule has 1 aromatic rings. The lowest BCUT2D eigenvalue weighted by Gasteiger charge is -2.25. The number of carbonyl (C=O) groups excluding carboxylic acids is 1. The Labute approximate surface area is 151 Å². The van der Waals surface area contributed by atoms with Crippen molar-refractivity contribution in [1.82, 2.24) is 0 Å². The molecule has 2 heterocycles. The molecule has 2 atom stereocenters. The van der Waals surface area contributed by atoms with Gasteiger partial charge in [-0.3, -0.25) is 4.79 Å². The van der Waals surface area contributed by atoms with E-state index in [4.69, 9.17) is 11.6 Å². The Morgan fingerprint density at radius 2 is 2.04 bits per heavy atom. The zero-order valence-corrected chi connectivity index (χ0v) is 15.1. The largest absolute Gasteiger partial charge is 0.417 e. The van der Waals surface area contributed by atoms with Gasteiger partial charge in [0.2, 0.25) is 5.91 Å². The van der Waals surface area contributed by atoms with Crippen LogP contribution in [0.2, 0.25) is 5.02 Å². The maximum absolute atomic E-state index is 13.1. The van der Waals surface area contributed by atoms with E-state index < -0.39 is 38.5 Å². The summed E-state index contributed by atoms with van der Waals surface area (Å²) in [4.78, 5) is 16.6. The Balaban J connectivity index is 2.10. The van der Waals surface area contributed by atoms with E-state index in [0.717, 1.165) is 23.9 Å². The first-order valence-electron chi connectivity index (χ1n) is 7.10. The third kappa shape index (κ3) is 3.65. The predicted molar refractivity (Wildman–Crippen MR) is 90.9 cm³/mol. The fraction of sp³-hybridized carbons (Fsp3) is 0.429. The van der Waals surface area contributed by atoms with Gasteiger partial charge in [0, 0.05) is 17.9 Å². The number of alkyl halides is 3. The summed E-state index contributed by atoms with van der Waals surface area (Å²) >= 11 is 6.73. The maximum Gasteiger partial charge on any atom is 0.417 e. The molecule has 1 aromatic carbocycles. The third-order valence-corrected chi connectivity index (χ3v) is 7.39. The normalized spacial score (nSPS) is 26.9. The maximum atomic E-state index is 13.1. The zero-order chi connectivity index (χ0) is 18.6. The number of hydrogen-bond donors (Lipinski definition) is 0. The summed E-state index contributed by atoms with van der Waals surface area (Å²) in [6.07, 6.45) is -4.65. The lowest BCUT2D eigenvalue weighted by Crippen LogP contribution is -2.37. The first-order chi connectivity index (χ1) is 11.5. The van der Waals surface area contributed by atoms with Gasteiger partial charge in [-0.25, -0.2) is 8.42 Å². The molecule has 0 N–H and O–H groups in total. The minimum atomic E-state index is -4.65. The van der Waals surface area contributed by atoms with Crippen molar-refractivity contribution in [2.45, 2.75) is 24.4 Å². The van der Waals surface area contributed by atoms with E-state index >= 15 is 0 Å². The van der Waals surface area contributed by atoms with Crippen molar-refractivity contribution in [2.75, 3.05) is 16.4 Å². The average Bonchev–Trinajstić information content (AvgIpc) is 2.88. The SMILES string of the molecule is CC(=O)N=C1S[C@@H]2CS(=O)(=O)C[C@@H]2N1c1ccc(Cl)c(C(F)(F)F)c1. The van der Waals surface area contributed by atoms with Gasteiger partial charge in [-0.2, -0.15) is 18.2 Å². The van der Waals surface area contributed by atoms with Crippen LogP contribution < -0.4 is 4.90 Å². The highest BCUT2D eigenvalue weighted by atomic mass is 35.5. The molecule has 2 aliphatic rings. The van der Waals surface area contributed by atoms with E-state index in [1.165, 1.54) is 17.9 Å². The third-order valence-electron chi connectivity index (χ3n) is 3.85. The first-order valence-corrected chi connectivity index (χ1v) is 10.2. The van der Waals surface area contributed by atoms with Gasteiger partial charge in [-0.1, -0.05) is 23.4 Å². The lowest BCUT2D eigenvalue weighted by atomic mass is 10.1. The van der Waals surface area contributed by atoms with Crippen LogP contribution in [0.15, 0.2) is 23.2 Å². The second-order valence-electron chi connectivity index (χ2n) is 5.75. The Morgan fingerprint density at radius 1 is 1.36 bits per heavy atom. The molecule has 2 fully saturated rings. The van der Waals surface area contributed by atoms with Gasteiger partial charge in [0.15, 0.2) is 15.0 Å². The monoisotopic (exact) mass is 412 g/mol. The molecular formula is C14H12ClF3N2O3S2. The number of nitrogens with zero attached hydrogens (tertiary/aromatic N) is 2. The molecule has 0 aliphatic carbocycles. The van der Waals surface area contributed by atoms with Crippen molar-refractivity contribution >= 4 is 50.0 Å². The number of hydrogen-bond acceptors (Lipinski definition) is 4. The number of anilines is 1. The van der Waals surface area contributed by atoms with Crippen molar-refractivity contribution in [2.24, 2.45) is 4.99 Å². The number of fused-ring (bicyclic) bond motifs is 1. The van der Waals surface area contributed by atoms with Crippen LogP contribution in [0.3, 0.4) is 0 Å². The molecule has 3 rings (SSSR count). The Morgan fingerprint density at radius 3 is 2.64 bits per heavy atom. The molecule has 0 spiro atoms. The van der Waals surface area contributed by atoms with Gasteiger partial charge < -0.3 is 4.90 Å². The van der Waals surface area contributed by atoms with Gasteiger partial charge in [-0.05, 0) is 18.2 Å². The highest BCUT2D eigenvalue weighted by Gasteiger charge is 2.49. The van der Waals surface area contributed by atoms with Crippen LogP contribution in [0.1, 0.15) is 12.5 Å². The minimum Gasteiger partial charge on any atom is -0.316 e. The molecule has 1 amide bonds. The van der Waals surface area contributed by atoms with E-state index in [1.54, 1.807) is 0 Å². The summed E-state index contributed by atoms with van der Waals surface area (Å²) in [5, 5.41) is -0.635. The van der Waals surface area contributed by atoms with Crippen LogP contribution in [0, 0.1) is 0 Å². The zero-order valence-electron chi connectivity index (χ0n) is 12.7.